The second-order valence-electron chi connectivity index (χ2n) is 16.0. The fourth-order valence-electron chi connectivity index (χ4n) is 8.18. The third kappa shape index (κ3) is 9.80. The van der Waals surface area contributed by atoms with Crippen LogP contribution in [0.2, 0.25) is 0 Å². The molecule has 1 unspecified atom stereocenters. The molecule has 2 aliphatic heterocycles. The Hall–Kier alpha value is -6.16. The summed E-state index contributed by atoms with van der Waals surface area (Å²) in [5.41, 5.74) is 9.99. The number of aromatic nitrogens is 2. The number of benzene rings is 4. The number of halogens is 3. The minimum atomic E-state index is -4.96. The lowest BCUT2D eigenvalue weighted by Crippen LogP contribution is -2.43. The number of hydrogen-bond acceptors (Lipinski definition) is 11. The van der Waals surface area contributed by atoms with E-state index in [2.05, 4.69) is 9.97 Å². The van der Waals surface area contributed by atoms with Gasteiger partial charge in [-0.1, -0.05) is 72.8 Å². The first-order valence-corrected chi connectivity index (χ1v) is 22.1. The van der Waals surface area contributed by atoms with Gasteiger partial charge in [0.1, 0.15) is 18.5 Å². The molecule has 2 fully saturated rings. The average molecular weight is 872 g/mol. The number of piperidine rings is 1. The molecule has 326 valence electrons. The van der Waals surface area contributed by atoms with Gasteiger partial charge in [-0.15, -0.1) is 0 Å². The van der Waals surface area contributed by atoms with Crippen LogP contribution in [0.3, 0.4) is 0 Å². The second-order valence-corrected chi connectivity index (χ2v) is 18.0. The average Bonchev–Trinajstić information content (AvgIpc) is 3.61. The Labute approximate surface area is 358 Å². The molecule has 0 radical (unpaired) electrons. The largest absolute Gasteiger partial charge is 0.464 e. The van der Waals surface area contributed by atoms with Crippen LogP contribution >= 0.6 is 0 Å². The van der Waals surface area contributed by atoms with E-state index in [1.165, 1.54) is 35.2 Å². The van der Waals surface area contributed by atoms with Crippen molar-refractivity contribution in [2.75, 3.05) is 43.1 Å². The normalized spacial score (nSPS) is 16.9. The van der Waals surface area contributed by atoms with Crippen molar-refractivity contribution in [3.63, 3.8) is 0 Å². The van der Waals surface area contributed by atoms with Crippen molar-refractivity contribution in [3.8, 4) is 28.1 Å². The number of sulfone groups is 1. The van der Waals surface area contributed by atoms with Crippen LogP contribution in [0.25, 0.3) is 22.3 Å². The summed E-state index contributed by atoms with van der Waals surface area (Å²) in [6.07, 6.45) is -5.72. The molecule has 2 atom stereocenters. The molecule has 5 aromatic rings. The summed E-state index contributed by atoms with van der Waals surface area (Å²) in [6, 6.07) is 25.7. The van der Waals surface area contributed by atoms with Gasteiger partial charge in [0.2, 0.25) is 17.9 Å². The number of nitrogens with zero attached hydrogens (tertiary/aromatic N) is 4. The van der Waals surface area contributed by atoms with Crippen LogP contribution in [-0.2, 0) is 30.7 Å². The number of alkyl halides is 3. The molecule has 1 spiro atoms. The third-order valence-corrected chi connectivity index (χ3v) is 12.8. The first-order valence-electron chi connectivity index (χ1n) is 20.2. The molecule has 0 bridgehead atoms. The van der Waals surface area contributed by atoms with E-state index in [1.807, 2.05) is 67.3 Å². The van der Waals surface area contributed by atoms with Crippen LogP contribution in [0.4, 0.5) is 29.7 Å². The molecule has 0 aliphatic carbocycles. The lowest BCUT2D eigenvalue weighted by Gasteiger charge is -2.39. The number of nitrogens with two attached hydrogens (primary N) is 1. The highest BCUT2D eigenvalue weighted by Crippen LogP contribution is 2.46. The van der Waals surface area contributed by atoms with Crippen molar-refractivity contribution in [2.24, 2.45) is 5.41 Å². The first-order chi connectivity index (χ1) is 29.4. The fraction of sp³-hybridized carbons (Fsp3) is 0.348. The summed E-state index contributed by atoms with van der Waals surface area (Å²) in [4.78, 5) is 38.1. The van der Waals surface area contributed by atoms with Gasteiger partial charge in [0.15, 0.2) is 9.84 Å². The van der Waals surface area contributed by atoms with Gasteiger partial charge in [-0.3, -0.25) is 4.90 Å². The summed E-state index contributed by atoms with van der Waals surface area (Å²) in [5, 5.41) is 0. The number of hydrogen-bond donors (Lipinski definition) is 1. The van der Waals surface area contributed by atoms with Crippen molar-refractivity contribution in [1.29, 1.82) is 0 Å². The van der Waals surface area contributed by atoms with E-state index >= 15 is 13.2 Å². The van der Waals surface area contributed by atoms with E-state index in [0.717, 1.165) is 28.5 Å². The maximum atomic E-state index is 15.3. The zero-order valence-corrected chi connectivity index (χ0v) is 35.6. The lowest BCUT2D eigenvalue weighted by molar-refractivity contribution is -0.198. The molecule has 2 saturated heterocycles. The summed E-state index contributed by atoms with van der Waals surface area (Å²) in [5.74, 6) is -0.993. The monoisotopic (exact) mass is 871 g/mol. The zero-order chi connectivity index (χ0) is 44.4. The lowest BCUT2D eigenvalue weighted by atomic mass is 9.76. The first kappa shape index (κ1) is 43.9. The highest BCUT2D eigenvalue weighted by molar-refractivity contribution is 7.90. The number of carbonyl (C=O) groups excluding carboxylic acids is 2. The highest BCUT2D eigenvalue weighted by Gasteiger charge is 2.51. The Bertz CT molecular complexity index is 2570. The minimum Gasteiger partial charge on any atom is -0.464 e. The molecule has 3 heterocycles. The molecule has 1 aromatic heterocycles. The summed E-state index contributed by atoms with van der Waals surface area (Å²) < 4.78 is 87.7. The molecule has 7 rings (SSSR count). The van der Waals surface area contributed by atoms with E-state index in [4.69, 9.17) is 19.9 Å². The van der Waals surface area contributed by atoms with Gasteiger partial charge in [0, 0.05) is 37.5 Å². The van der Waals surface area contributed by atoms with Crippen LogP contribution in [0.15, 0.2) is 102 Å². The Morgan fingerprint density at radius 3 is 2.26 bits per heavy atom. The van der Waals surface area contributed by atoms with E-state index in [9.17, 15) is 18.0 Å². The summed E-state index contributed by atoms with van der Waals surface area (Å²) in [7, 11) is -3.70. The van der Waals surface area contributed by atoms with Crippen molar-refractivity contribution < 1.29 is 45.4 Å². The number of esters is 1. The van der Waals surface area contributed by atoms with E-state index in [0.29, 0.717) is 37.9 Å². The number of nitrogen functional groups attached to an aromatic ring is 1. The Balaban J connectivity index is 1.15. The number of amides is 1. The second kappa shape index (κ2) is 17.7. The van der Waals surface area contributed by atoms with Crippen LogP contribution < -0.4 is 15.4 Å². The van der Waals surface area contributed by atoms with Gasteiger partial charge in [0.25, 0.3) is 0 Å². The predicted molar refractivity (Wildman–Crippen MR) is 228 cm³/mol. The van der Waals surface area contributed by atoms with E-state index < -0.39 is 51.5 Å². The highest BCUT2D eigenvalue weighted by atomic mass is 32.2. The molecule has 12 nitrogen and oxygen atoms in total. The fourth-order valence-corrected chi connectivity index (χ4v) is 8.85. The van der Waals surface area contributed by atoms with Gasteiger partial charge in [-0.2, -0.15) is 23.1 Å². The van der Waals surface area contributed by atoms with Gasteiger partial charge >= 0.3 is 18.2 Å². The summed E-state index contributed by atoms with van der Waals surface area (Å²) >= 11 is 0. The van der Waals surface area contributed by atoms with Crippen LogP contribution in [0, 0.1) is 19.3 Å². The molecule has 2 aliphatic rings. The number of anilines is 2. The molecule has 16 heteroatoms. The topological polar surface area (TPSA) is 154 Å². The van der Waals surface area contributed by atoms with Gasteiger partial charge in [-0.05, 0) is 103 Å². The smallest absolute Gasteiger partial charge is 0.429 e. The quantitative estimate of drug-likeness (QED) is 0.127. The van der Waals surface area contributed by atoms with Gasteiger partial charge in [0.05, 0.1) is 11.5 Å². The van der Waals surface area contributed by atoms with Crippen molar-refractivity contribution in [2.45, 2.75) is 69.9 Å². The van der Waals surface area contributed by atoms with Crippen LogP contribution in [0.5, 0.6) is 5.88 Å². The number of ether oxygens (including phenoxy) is 3. The number of aryl methyl sites for hydroxylation is 2. The number of likely N-dealkylation sites (tertiary alicyclic amines) is 1. The standard InChI is InChI=1S/C46H48F3N5O7S/c1-5-59-42(55)38-26-45(28-54(38)44(56)60-27-31-10-7-6-8-11-31)18-20-53(21-19-45)39-25-40(52-43(50)51-39)61-41(46(47,48)49)36-17-16-33(32-15-14-29(2)30(3)22-32)24-37(36)34-12-9-13-35(23-34)62(4,57)58/h6-17,22-25,38,41H,5,18-21,26-28H2,1-4H3,(H2,50,51,52)/t38-,41?/m0/s1. The zero-order valence-electron chi connectivity index (χ0n) is 34.8. The van der Waals surface area contributed by atoms with Crippen LogP contribution in [0.1, 0.15) is 54.5 Å². The van der Waals surface area contributed by atoms with Crippen molar-refractivity contribution in [1.82, 2.24) is 14.9 Å². The van der Waals surface area contributed by atoms with Crippen LogP contribution in [-0.4, -0.2) is 80.1 Å². The Morgan fingerprint density at radius 1 is 0.871 bits per heavy atom. The van der Waals surface area contributed by atoms with Crippen molar-refractivity contribution >= 4 is 33.7 Å². The Morgan fingerprint density at radius 2 is 1.58 bits per heavy atom. The third-order valence-electron chi connectivity index (χ3n) is 11.6. The molecule has 1 amide bonds. The van der Waals surface area contributed by atoms with Gasteiger partial charge in [-0.25, -0.2) is 18.0 Å². The van der Waals surface area contributed by atoms with Crippen molar-refractivity contribution in [3.05, 3.63) is 119 Å². The maximum Gasteiger partial charge on any atom is 0.429 e. The minimum absolute atomic E-state index is 0.0391. The number of carbonyl (C=O) groups is 2. The summed E-state index contributed by atoms with van der Waals surface area (Å²) in [6.45, 7) is 6.79. The SMILES string of the molecule is CCOC(=O)[C@@H]1CC2(CCN(c3cc(OC(c4ccc(-c5ccc(C)c(C)c5)cc4-c4cccc(S(C)(=O)=O)c4)C(F)(F)F)nc(N)n3)CC2)CN1C(=O)OCc1ccccc1. The molecule has 0 saturated carbocycles. The maximum absolute atomic E-state index is 15.3. The van der Waals surface area contributed by atoms with E-state index in [-0.39, 0.29) is 53.1 Å². The predicted octanol–water partition coefficient (Wildman–Crippen LogP) is 8.66. The van der Waals surface area contributed by atoms with E-state index in [1.54, 1.807) is 25.1 Å². The number of rotatable bonds is 11. The Kier molecular flexibility index (Phi) is 12.5. The molecule has 62 heavy (non-hydrogen) atoms. The molecule has 4 aromatic carbocycles. The molecular formula is C46H48F3N5O7S. The van der Waals surface area contributed by atoms with Gasteiger partial charge < -0.3 is 24.8 Å². The molecular weight excluding hydrogens is 824 g/mol. The molecule has 2 N–H and O–H groups in total.